The second-order valence-electron chi connectivity index (χ2n) is 18.3. The number of rotatable bonds is 6. The van der Waals surface area contributed by atoms with Crippen LogP contribution in [0.4, 0.5) is 0 Å². The third-order valence-corrected chi connectivity index (χ3v) is 12.8. The second kappa shape index (κ2) is 18.5. The second-order valence-corrected chi connectivity index (χ2v) is 18.3. The highest BCUT2D eigenvalue weighted by Gasteiger charge is 2.36. The van der Waals surface area contributed by atoms with Crippen LogP contribution in [-0.4, -0.2) is 65.1 Å². The van der Waals surface area contributed by atoms with Crippen LogP contribution in [0.5, 0.6) is 17.6 Å². The van der Waals surface area contributed by atoms with Gasteiger partial charge in [-0.25, -0.2) is 15.0 Å². The van der Waals surface area contributed by atoms with Gasteiger partial charge in [0, 0.05) is 16.7 Å². The van der Waals surface area contributed by atoms with E-state index in [-0.39, 0.29) is 35.4 Å². The van der Waals surface area contributed by atoms with Crippen LogP contribution in [0.3, 0.4) is 0 Å². The van der Waals surface area contributed by atoms with Crippen molar-refractivity contribution in [3.05, 3.63) is 229 Å². The molecule has 3 aliphatic rings. The molecule has 12 rings (SSSR count). The highest BCUT2D eigenvalue weighted by atomic mass is 16.3. The highest BCUT2D eigenvalue weighted by molar-refractivity contribution is 6.32. The fourth-order valence-corrected chi connectivity index (χ4v) is 9.25. The van der Waals surface area contributed by atoms with Crippen LogP contribution in [0.15, 0.2) is 161 Å². The van der Waals surface area contributed by atoms with E-state index in [0.717, 1.165) is 66.8 Å². The summed E-state index contributed by atoms with van der Waals surface area (Å²) >= 11 is 0. The first-order valence-electron chi connectivity index (χ1n) is 23.3. The lowest BCUT2D eigenvalue weighted by molar-refractivity contribution is 0.0998. The van der Waals surface area contributed by atoms with Crippen molar-refractivity contribution in [2.75, 3.05) is 0 Å². The molecule has 3 amide bonds. The molecule has 0 fully saturated rings. The zero-order valence-electron chi connectivity index (χ0n) is 40.3. The van der Waals surface area contributed by atoms with Crippen LogP contribution >= 0.6 is 0 Å². The van der Waals surface area contributed by atoms with Crippen LogP contribution in [0.1, 0.15) is 97.8 Å². The van der Waals surface area contributed by atoms with E-state index in [1.807, 2.05) is 187 Å². The Morgan fingerprint density at radius 3 is 0.917 bits per heavy atom. The molecule has 0 bridgehead atoms. The van der Waals surface area contributed by atoms with Gasteiger partial charge >= 0.3 is 0 Å². The monoisotopic (exact) mass is 948 g/mol. The van der Waals surface area contributed by atoms with E-state index in [2.05, 4.69) is 29.9 Å². The number of hydrogen-bond acceptors (Lipinski definition) is 6. The quantitative estimate of drug-likeness (QED) is 0.0959. The summed E-state index contributed by atoms with van der Waals surface area (Å²) in [6.07, 6.45) is 0. The van der Waals surface area contributed by atoms with Gasteiger partial charge in [0.25, 0.3) is 17.7 Å². The number of aromatic hydroxyl groups is 3. The molecule has 0 aliphatic carbocycles. The Labute approximate surface area is 414 Å². The van der Waals surface area contributed by atoms with Gasteiger partial charge in [-0.2, -0.15) is 0 Å². The molecule has 3 aromatic heterocycles. The number of fused-ring (bicyclic) bond motifs is 3. The normalized spacial score (nSPS) is 13.1. The van der Waals surface area contributed by atoms with Crippen LogP contribution in [-0.2, 0) is 0 Å². The Kier molecular flexibility index (Phi) is 11.9. The smallest absolute Gasteiger partial charge is 0.280 e. The number of carbonyl (C=O) groups excluding carboxylic acids is 3. The summed E-state index contributed by atoms with van der Waals surface area (Å²) in [7, 11) is 0. The molecular formula is C60H48N6O6. The molecule has 0 atom stereocenters. The number of benzene rings is 6. The first-order chi connectivity index (χ1) is 34.6. The standard InChI is InChI=1S/3C20H16N2O2/c1-11-3-7-13(8-4-11)17-15-16(20(24)21-17)18(22-19(15)23)14-9-5-12(2)6-10-14;1-11-5-3-7-13(9-11)17-15-16(20(24)21-17)18(22-19(15)23)14-8-4-6-12(2)10-14;1-11-6-8-13(9-7-11)17-15-16(20(24)21-17)18(22-19(15)23)14-5-3-4-12(2)10-14/h2*3-10,21,24H,1-2H3;3-10,22-23H,1-2H3. The minimum Gasteiger partial charge on any atom is -0.494 e. The molecule has 6 N–H and O–H groups in total. The van der Waals surface area contributed by atoms with E-state index in [1.54, 1.807) is 0 Å². The predicted octanol–water partition coefficient (Wildman–Crippen LogP) is 12.0. The minimum atomic E-state index is -0.326. The van der Waals surface area contributed by atoms with Gasteiger partial charge < -0.3 is 30.3 Å². The summed E-state index contributed by atoms with van der Waals surface area (Å²) < 4.78 is 0. The minimum absolute atomic E-state index is 0.0207. The molecule has 0 radical (unpaired) electrons. The fourth-order valence-electron chi connectivity index (χ4n) is 9.25. The molecule has 72 heavy (non-hydrogen) atoms. The summed E-state index contributed by atoms with van der Waals surface area (Å²) in [6.45, 7) is 12.0. The maximum absolute atomic E-state index is 12.5. The number of aryl methyl sites for hydroxylation is 6. The van der Waals surface area contributed by atoms with Crippen molar-refractivity contribution < 1.29 is 29.7 Å². The lowest BCUT2D eigenvalue weighted by Crippen LogP contribution is -2.00. The number of amides is 3. The maximum atomic E-state index is 12.5. The average Bonchev–Trinajstić information content (AvgIpc) is 4.21. The van der Waals surface area contributed by atoms with E-state index in [4.69, 9.17) is 0 Å². The Hall–Kier alpha value is -9.42. The summed E-state index contributed by atoms with van der Waals surface area (Å²) in [5.74, 6) is -1.04. The number of aromatic amines is 3. The van der Waals surface area contributed by atoms with Crippen molar-refractivity contribution >= 4 is 34.9 Å². The zero-order valence-corrected chi connectivity index (χ0v) is 40.3. The summed E-state index contributed by atoms with van der Waals surface area (Å²) in [5, 5.41) is 31.2. The van der Waals surface area contributed by atoms with E-state index < -0.39 is 0 Å². The van der Waals surface area contributed by atoms with Gasteiger partial charge in [0.2, 0.25) is 0 Å². The Balaban J connectivity index is 0.000000124. The van der Waals surface area contributed by atoms with Crippen molar-refractivity contribution in [2.45, 2.75) is 41.5 Å². The first kappa shape index (κ1) is 46.3. The number of aliphatic imine (C=N–C) groups is 3. The molecule has 0 unspecified atom stereocenters. The molecule has 354 valence electrons. The van der Waals surface area contributed by atoms with Gasteiger partial charge in [-0.05, 0) is 76.4 Å². The Morgan fingerprint density at radius 1 is 0.306 bits per heavy atom. The van der Waals surface area contributed by atoms with E-state index >= 15 is 0 Å². The van der Waals surface area contributed by atoms with Crippen molar-refractivity contribution in [2.24, 2.45) is 15.0 Å². The highest BCUT2D eigenvalue weighted by Crippen LogP contribution is 2.41. The van der Waals surface area contributed by atoms with Gasteiger partial charge in [-0.1, -0.05) is 161 Å². The molecule has 12 nitrogen and oxygen atoms in total. The van der Waals surface area contributed by atoms with Gasteiger partial charge in [-0.3, -0.25) is 14.4 Å². The molecule has 0 spiro atoms. The molecule has 12 heteroatoms. The molecule has 6 heterocycles. The summed E-state index contributed by atoms with van der Waals surface area (Å²) in [4.78, 5) is 58.9. The molecular weight excluding hydrogens is 901 g/mol. The number of hydrogen-bond donors (Lipinski definition) is 6. The number of carbonyl (C=O) groups is 3. The third-order valence-electron chi connectivity index (χ3n) is 12.8. The van der Waals surface area contributed by atoms with Gasteiger partial charge in [-0.15, -0.1) is 0 Å². The predicted molar refractivity (Wildman–Crippen MR) is 281 cm³/mol. The van der Waals surface area contributed by atoms with Crippen molar-refractivity contribution in [1.82, 2.24) is 15.0 Å². The van der Waals surface area contributed by atoms with E-state index in [0.29, 0.717) is 67.6 Å². The van der Waals surface area contributed by atoms with Crippen LogP contribution in [0, 0.1) is 41.5 Å². The SMILES string of the molecule is Cc1ccc(C2=NC(=O)c3c(-c4ccc(C)cc4)[nH]c(O)c32)cc1.Cc1ccc(C2=NC(=O)c3c(-c4cccc(C)c4)[nH]c(O)c32)cc1.Cc1cccc(C2=NC(=O)c3c(-c4cccc(C)c4)[nH]c(O)c32)c1. The van der Waals surface area contributed by atoms with Crippen LogP contribution in [0.2, 0.25) is 0 Å². The number of nitrogens with one attached hydrogen (secondary N) is 3. The van der Waals surface area contributed by atoms with E-state index in [1.165, 1.54) is 0 Å². The van der Waals surface area contributed by atoms with E-state index in [9.17, 15) is 29.7 Å². The summed E-state index contributed by atoms with van der Waals surface area (Å²) in [6, 6.07) is 46.7. The lowest BCUT2D eigenvalue weighted by Gasteiger charge is -2.02. The van der Waals surface area contributed by atoms with Gasteiger partial charge in [0.05, 0.1) is 67.6 Å². The topological polar surface area (TPSA) is 196 Å². The number of H-pyrrole nitrogens is 3. The molecule has 0 saturated heterocycles. The lowest BCUT2D eigenvalue weighted by atomic mass is 9.99. The van der Waals surface area contributed by atoms with Gasteiger partial charge in [0.15, 0.2) is 17.6 Å². The Morgan fingerprint density at radius 2 is 0.583 bits per heavy atom. The molecule has 0 saturated carbocycles. The van der Waals surface area contributed by atoms with Crippen LogP contribution < -0.4 is 0 Å². The Bertz CT molecular complexity index is 3770. The van der Waals surface area contributed by atoms with Crippen molar-refractivity contribution in [1.29, 1.82) is 0 Å². The largest absolute Gasteiger partial charge is 0.494 e. The maximum Gasteiger partial charge on any atom is 0.280 e. The molecule has 6 aromatic carbocycles. The summed E-state index contributed by atoms with van der Waals surface area (Å²) in [5.41, 5.74) is 17.8. The van der Waals surface area contributed by atoms with Gasteiger partial charge in [0.1, 0.15) is 0 Å². The number of nitrogens with zero attached hydrogens (tertiary/aromatic N) is 3. The van der Waals surface area contributed by atoms with Crippen molar-refractivity contribution in [3.8, 4) is 51.4 Å². The van der Waals surface area contributed by atoms with Crippen LogP contribution in [0.25, 0.3) is 33.8 Å². The number of aromatic nitrogens is 3. The third kappa shape index (κ3) is 8.55. The average molecular weight is 949 g/mol. The first-order valence-corrected chi connectivity index (χ1v) is 23.3. The van der Waals surface area contributed by atoms with Crippen molar-refractivity contribution in [3.63, 3.8) is 0 Å². The zero-order chi connectivity index (χ0) is 50.5. The molecule has 3 aliphatic heterocycles. The molecule has 9 aromatic rings. The fraction of sp³-hybridized carbons (Fsp3) is 0.100.